The molecule has 4 heteroatoms. The van der Waals surface area contributed by atoms with E-state index >= 15 is 0 Å². The fourth-order valence-electron chi connectivity index (χ4n) is 7.51. The first-order valence-electron chi connectivity index (χ1n) is 15.2. The van der Waals surface area contributed by atoms with Crippen LogP contribution in [0.5, 0.6) is 0 Å². The molecule has 0 spiro atoms. The average Bonchev–Trinajstić information content (AvgIpc) is 3.10. The molecule has 0 aromatic heterocycles. The minimum atomic E-state index is -1.30. The topological polar surface area (TPSA) is 50.1 Å². The molecule has 0 fully saturated rings. The summed E-state index contributed by atoms with van der Waals surface area (Å²) in [7, 11) is 0. The van der Waals surface area contributed by atoms with Crippen LogP contribution in [0.15, 0.2) is 155 Å². The fourth-order valence-corrected chi connectivity index (χ4v) is 9.00. The molecule has 6 aromatic rings. The molecule has 0 unspecified atom stereocenters. The van der Waals surface area contributed by atoms with Gasteiger partial charge in [-0.3, -0.25) is 0 Å². The molecule has 0 amide bonds. The van der Waals surface area contributed by atoms with Gasteiger partial charge in [0.05, 0.1) is 28.4 Å². The van der Waals surface area contributed by atoms with Crippen LogP contribution in [-0.4, -0.2) is 4.55 Å². The lowest BCUT2D eigenvalue weighted by molar-refractivity contribution is 0.576. The van der Waals surface area contributed by atoms with Crippen LogP contribution < -0.4 is 4.90 Å². The van der Waals surface area contributed by atoms with Crippen molar-refractivity contribution in [3.63, 3.8) is 0 Å². The Hall–Kier alpha value is -5.08. The molecule has 0 aliphatic carbocycles. The molecule has 3 nitrogen and oxygen atoms in total. The average molecular weight is 599 g/mol. The molecule has 45 heavy (non-hydrogen) atoms. The number of fused-ring (bicyclic) bond motifs is 4. The number of nitriles is 1. The maximum Gasteiger partial charge on any atom is 0.163 e. The van der Waals surface area contributed by atoms with E-state index in [1.165, 1.54) is 5.56 Å². The Morgan fingerprint density at radius 3 is 1.73 bits per heavy atom. The second-order valence-electron chi connectivity index (χ2n) is 12.2. The van der Waals surface area contributed by atoms with E-state index in [1.54, 1.807) is 0 Å². The van der Waals surface area contributed by atoms with E-state index in [9.17, 15) is 9.81 Å². The molecule has 8 rings (SSSR count). The summed E-state index contributed by atoms with van der Waals surface area (Å²) in [6.45, 7) is 4.51. The summed E-state index contributed by atoms with van der Waals surface area (Å²) in [5, 5.41) is 9.88. The number of benzene rings is 6. The SMILES string of the molecule is CC1(C)c2cc(C#N)ccc2N(c2ccccc2)c2ccc(C3(c4ccccc4)c4ccccc4[S+]([O-])c4ccccc43)cc21. The Balaban J connectivity index is 1.48. The van der Waals surface area contributed by atoms with E-state index < -0.39 is 22.0 Å². The van der Waals surface area contributed by atoms with Gasteiger partial charge in [-0.15, -0.1) is 0 Å². The predicted molar refractivity (Wildman–Crippen MR) is 181 cm³/mol. The van der Waals surface area contributed by atoms with E-state index in [-0.39, 0.29) is 0 Å². The first kappa shape index (κ1) is 27.5. The molecule has 6 aromatic carbocycles. The number of nitrogens with zero attached hydrogens (tertiary/aromatic N) is 2. The van der Waals surface area contributed by atoms with Gasteiger partial charge in [0.1, 0.15) is 0 Å². The van der Waals surface area contributed by atoms with Crippen LogP contribution in [0.4, 0.5) is 17.1 Å². The van der Waals surface area contributed by atoms with Crippen molar-refractivity contribution < 1.29 is 4.55 Å². The van der Waals surface area contributed by atoms with Crippen molar-refractivity contribution in [2.24, 2.45) is 0 Å². The minimum Gasteiger partial charge on any atom is -0.606 e. The van der Waals surface area contributed by atoms with Crippen LogP contribution in [0.1, 0.15) is 52.8 Å². The lowest BCUT2D eigenvalue weighted by Crippen LogP contribution is -2.38. The molecule has 0 N–H and O–H groups in total. The summed E-state index contributed by atoms with van der Waals surface area (Å²) in [4.78, 5) is 3.99. The van der Waals surface area contributed by atoms with Crippen LogP contribution >= 0.6 is 0 Å². The highest BCUT2D eigenvalue weighted by atomic mass is 32.2. The lowest BCUT2D eigenvalue weighted by atomic mass is 9.63. The summed E-state index contributed by atoms with van der Waals surface area (Å²) in [5.74, 6) is 0. The van der Waals surface area contributed by atoms with E-state index in [1.807, 2.05) is 48.5 Å². The van der Waals surface area contributed by atoms with Crippen molar-refractivity contribution in [1.29, 1.82) is 5.26 Å². The van der Waals surface area contributed by atoms with E-state index in [0.29, 0.717) is 5.56 Å². The van der Waals surface area contributed by atoms with Crippen LogP contribution in [-0.2, 0) is 22.0 Å². The molecule has 0 atom stereocenters. The van der Waals surface area contributed by atoms with Crippen LogP contribution in [0.2, 0.25) is 0 Å². The van der Waals surface area contributed by atoms with Gasteiger partial charge in [0.2, 0.25) is 0 Å². The quantitative estimate of drug-likeness (QED) is 0.191. The maximum absolute atomic E-state index is 14.1. The van der Waals surface area contributed by atoms with Gasteiger partial charge in [-0.1, -0.05) is 111 Å². The van der Waals surface area contributed by atoms with Gasteiger partial charge in [-0.25, -0.2) is 0 Å². The maximum atomic E-state index is 14.1. The monoisotopic (exact) mass is 598 g/mol. The van der Waals surface area contributed by atoms with Gasteiger partial charge in [0.15, 0.2) is 9.79 Å². The van der Waals surface area contributed by atoms with Crippen molar-refractivity contribution in [1.82, 2.24) is 0 Å². The molecule has 0 saturated carbocycles. The highest BCUT2D eigenvalue weighted by molar-refractivity contribution is 7.91. The third-order valence-electron chi connectivity index (χ3n) is 9.59. The van der Waals surface area contributed by atoms with E-state index in [2.05, 4.69) is 122 Å². The Kier molecular flexibility index (Phi) is 6.25. The standard InChI is InChI=1S/C41H30N2OS/c1-40(2)34-25-28(27-42)21-23-36(34)43(31-15-7-4-8-16-31)37-24-22-30(26-35(37)40)41(29-13-5-3-6-14-29)32-17-9-11-19-38(32)45(44)39-20-12-10-18-33(39)41/h3-26H,1-2H3. The van der Waals surface area contributed by atoms with Crippen molar-refractivity contribution in [2.75, 3.05) is 4.90 Å². The molecular weight excluding hydrogens is 569 g/mol. The molecule has 2 heterocycles. The highest BCUT2D eigenvalue weighted by Gasteiger charge is 2.50. The smallest absolute Gasteiger partial charge is 0.163 e. The largest absolute Gasteiger partial charge is 0.606 e. The van der Waals surface area contributed by atoms with Crippen LogP contribution in [0.25, 0.3) is 0 Å². The Morgan fingerprint density at radius 2 is 1.11 bits per heavy atom. The summed E-state index contributed by atoms with van der Waals surface area (Å²) < 4.78 is 14.1. The number of anilines is 3. The van der Waals surface area contributed by atoms with Gasteiger partial charge in [0.25, 0.3) is 0 Å². The summed E-state index contributed by atoms with van der Waals surface area (Å²) >= 11 is -1.30. The Labute approximate surface area is 267 Å². The van der Waals surface area contributed by atoms with Gasteiger partial charge in [-0.05, 0) is 70.8 Å². The van der Waals surface area contributed by atoms with Gasteiger partial charge >= 0.3 is 0 Å². The number of hydrogen-bond donors (Lipinski definition) is 0. The van der Waals surface area contributed by atoms with Crippen molar-refractivity contribution in [3.8, 4) is 6.07 Å². The van der Waals surface area contributed by atoms with Crippen LogP contribution in [0, 0.1) is 11.3 Å². The zero-order chi connectivity index (χ0) is 30.8. The summed E-state index contributed by atoms with van der Waals surface area (Å²) in [6.07, 6.45) is 0. The summed E-state index contributed by atoms with van der Waals surface area (Å²) in [6, 6.07) is 52.7. The number of hydrogen-bond acceptors (Lipinski definition) is 3. The Morgan fingerprint density at radius 1 is 0.578 bits per heavy atom. The van der Waals surface area contributed by atoms with Crippen LogP contribution in [0.3, 0.4) is 0 Å². The van der Waals surface area contributed by atoms with Crippen molar-refractivity contribution >= 4 is 28.2 Å². The molecule has 2 aliphatic rings. The second-order valence-corrected chi connectivity index (χ2v) is 13.7. The van der Waals surface area contributed by atoms with Gasteiger partial charge < -0.3 is 9.45 Å². The van der Waals surface area contributed by atoms with Gasteiger partial charge in [0, 0.05) is 33.4 Å². The zero-order valence-electron chi connectivity index (χ0n) is 25.1. The Bertz CT molecular complexity index is 2080. The molecule has 2 aliphatic heterocycles. The predicted octanol–water partition coefficient (Wildman–Crippen LogP) is 9.53. The zero-order valence-corrected chi connectivity index (χ0v) is 25.9. The number of para-hydroxylation sites is 1. The highest BCUT2D eigenvalue weighted by Crippen LogP contribution is 2.57. The molecule has 216 valence electrons. The van der Waals surface area contributed by atoms with Gasteiger partial charge in [-0.2, -0.15) is 5.26 Å². The fraction of sp³-hybridized carbons (Fsp3) is 0.0976. The van der Waals surface area contributed by atoms with E-state index in [0.717, 1.165) is 54.7 Å². The molecule has 0 bridgehead atoms. The second kappa shape index (κ2) is 10.2. The summed E-state index contributed by atoms with van der Waals surface area (Å²) in [5.41, 5.74) is 9.38. The first-order valence-corrected chi connectivity index (χ1v) is 16.3. The molecule has 0 radical (unpaired) electrons. The minimum absolute atomic E-state index is 0.410. The first-order chi connectivity index (χ1) is 22.0. The van der Waals surface area contributed by atoms with E-state index in [4.69, 9.17) is 0 Å². The van der Waals surface area contributed by atoms with Crippen molar-refractivity contribution in [3.05, 3.63) is 185 Å². The normalized spacial score (nSPS) is 19.0. The molecule has 0 saturated heterocycles. The number of rotatable bonds is 3. The third kappa shape index (κ3) is 3.88. The van der Waals surface area contributed by atoms with Crippen molar-refractivity contribution in [2.45, 2.75) is 34.5 Å². The molecular formula is C41H30N2OS. The lowest BCUT2D eigenvalue weighted by Gasteiger charge is -2.45. The third-order valence-corrected chi connectivity index (χ3v) is 11.1.